The Balaban J connectivity index is 2.01. The van der Waals surface area contributed by atoms with Gasteiger partial charge in [-0.15, -0.1) is 0 Å². The van der Waals surface area contributed by atoms with Gasteiger partial charge in [0, 0.05) is 48.1 Å². The van der Waals surface area contributed by atoms with Crippen molar-refractivity contribution in [1.29, 1.82) is 15.8 Å². The summed E-state index contributed by atoms with van der Waals surface area (Å²) in [6, 6.07) is 14.4. The number of hydrogen-bond acceptors (Lipinski definition) is 7. The molecule has 3 rings (SSSR count). The fraction of sp³-hybridized carbons (Fsp3) is 0.500. The summed E-state index contributed by atoms with van der Waals surface area (Å²) in [7, 11) is 0. The van der Waals surface area contributed by atoms with Gasteiger partial charge in [-0.3, -0.25) is 4.79 Å². The minimum atomic E-state index is -0.913. The molecule has 0 fully saturated rings. The molecule has 0 radical (unpaired) electrons. The lowest BCUT2D eigenvalue weighted by atomic mass is 9.70. The Morgan fingerprint density at radius 1 is 1.08 bits per heavy atom. The van der Waals surface area contributed by atoms with E-state index < -0.39 is 5.60 Å². The maximum absolute atomic E-state index is 12.2. The van der Waals surface area contributed by atoms with Crippen LogP contribution in [0.1, 0.15) is 105 Å². The van der Waals surface area contributed by atoms with Crippen LogP contribution in [0.2, 0.25) is 0 Å². The van der Waals surface area contributed by atoms with Crippen LogP contribution in [0.15, 0.2) is 92.9 Å². The van der Waals surface area contributed by atoms with Crippen LogP contribution in [0.3, 0.4) is 0 Å². The van der Waals surface area contributed by atoms with Crippen molar-refractivity contribution in [2.24, 2.45) is 11.3 Å². The second-order valence-corrected chi connectivity index (χ2v) is 15.5. The predicted molar refractivity (Wildman–Crippen MR) is 213 cm³/mol. The Bertz CT molecular complexity index is 1780. The van der Waals surface area contributed by atoms with E-state index in [1.807, 2.05) is 38.1 Å². The van der Waals surface area contributed by atoms with Crippen molar-refractivity contribution in [1.82, 2.24) is 5.32 Å². The second-order valence-electron chi connectivity index (χ2n) is 15.2. The SMILES string of the molecule is CC/C(=C\C=C1/CC(C(C)(C)C)CC(/C=C/C2=C(C#N)C(=C(C#N)C#N)OC2(C)C)=C1Cl)N(CCCCCC(=O)NCCCO)c1ccccc1CC. The Hall–Kier alpha value is -4.55. The molecule has 1 aliphatic heterocycles. The Kier molecular flexibility index (Phi) is 16.2. The van der Waals surface area contributed by atoms with Gasteiger partial charge < -0.3 is 20.1 Å². The number of para-hydroxylation sites is 1. The van der Waals surface area contributed by atoms with Gasteiger partial charge in [0.25, 0.3) is 0 Å². The molecule has 1 aliphatic carbocycles. The minimum absolute atomic E-state index is 0.00608. The van der Waals surface area contributed by atoms with E-state index in [1.54, 1.807) is 0 Å². The standard InChI is InChI=1S/C44H56ClN5O3/c1-8-31-16-12-13-17-39(31)50(24-14-10-11-18-40(52)49-23-15-25-51)36(9-2)21-19-32-26-35(43(3,4)5)27-33(41(32)45)20-22-38-37(30-48)42(34(28-46)29-47)53-44(38,6)7/h12-13,16-17,19-22,35,51H,8-11,14-15,18,23-27H2,1-7H3,(H,49,52)/b22-20+,32-19+,36-21+. The molecule has 1 unspecified atom stereocenters. The zero-order valence-electron chi connectivity index (χ0n) is 32.6. The molecule has 0 saturated heterocycles. The normalized spacial score (nSPS) is 18.2. The van der Waals surface area contributed by atoms with Gasteiger partial charge in [0.1, 0.15) is 29.4 Å². The van der Waals surface area contributed by atoms with Crippen LogP contribution in [0.5, 0.6) is 0 Å². The number of aliphatic hydroxyl groups is 1. The van der Waals surface area contributed by atoms with E-state index >= 15 is 0 Å². The van der Waals surface area contributed by atoms with Gasteiger partial charge in [0.15, 0.2) is 11.3 Å². The molecule has 0 spiro atoms. The number of aliphatic hydroxyl groups excluding tert-OH is 1. The zero-order valence-corrected chi connectivity index (χ0v) is 33.4. The highest BCUT2D eigenvalue weighted by Crippen LogP contribution is 2.46. The number of rotatable bonds is 16. The molecule has 8 nitrogen and oxygen atoms in total. The Morgan fingerprint density at radius 2 is 1.79 bits per heavy atom. The van der Waals surface area contributed by atoms with Crippen molar-refractivity contribution in [2.45, 2.75) is 112 Å². The molecular weight excluding hydrogens is 682 g/mol. The first-order chi connectivity index (χ1) is 25.3. The number of amides is 1. The lowest BCUT2D eigenvalue weighted by Gasteiger charge is -2.36. The van der Waals surface area contributed by atoms with Crippen molar-refractivity contribution in [3.8, 4) is 18.2 Å². The third-order valence-electron chi connectivity index (χ3n) is 10.0. The number of benzene rings is 1. The van der Waals surface area contributed by atoms with Crippen LogP contribution in [0.25, 0.3) is 0 Å². The van der Waals surface area contributed by atoms with E-state index in [2.05, 4.69) is 87.3 Å². The van der Waals surface area contributed by atoms with Gasteiger partial charge in [-0.05, 0) is 99.0 Å². The van der Waals surface area contributed by atoms with E-state index in [-0.39, 0.29) is 34.8 Å². The summed E-state index contributed by atoms with van der Waals surface area (Å²) >= 11 is 7.23. The summed E-state index contributed by atoms with van der Waals surface area (Å²) in [4.78, 5) is 14.6. The van der Waals surface area contributed by atoms with E-state index in [1.165, 1.54) is 16.9 Å². The van der Waals surface area contributed by atoms with Crippen LogP contribution in [0.4, 0.5) is 5.69 Å². The van der Waals surface area contributed by atoms with Crippen LogP contribution < -0.4 is 10.2 Å². The molecule has 1 heterocycles. The van der Waals surface area contributed by atoms with E-state index in [0.717, 1.165) is 62.6 Å². The van der Waals surface area contributed by atoms with Crippen LogP contribution in [0, 0.1) is 45.3 Å². The van der Waals surface area contributed by atoms with Gasteiger partial charge in [0.05, 0.1) is 0 Å². The smallest absolute Gasteiger partial charge is 0.219 e. The van der Waals surface area contributed by atoms with Gasteiger partial charge in [-0.1, -0.05) is 89.1 Å². The first-order valence-electron chi connectivity index (χ1n) is 18.8. The number of ether oxygens (including phenoxy) is 1. The molecular formula is C44H56ClN5O3. The first kappa shape index (κ1) is 42.9. The van der Waals surface area contributed by atoms with E-state index in [9.17, 15) is 20.6 Å². The molecule has 0 saturated carbocycles. The number of halogens is 1. The lowest BCUT2D eigenvalue weighted by molar-refractivity contribution is -0.121. The Labute approximate surface area is 322 Å². The number of nitrogens with one attached hydrogen (secondary N) is 1. The number of aryl methyl sites for hydroxylation is 1. The summed E-state index contributed by atoms with van der Waals surface area (Å²) in [5, 5.41) is 41.6. The zero-order chi connectivity index (χ0) is 39.2. The molecule has 9 heteroatoms. The number of allylic oxidation sites excluding steroid dienone is 9. The van der Waals surface area contributed by atoms with Crippen LogP contribution in [-0.2, 0) is 16.0 Å². The summed E-state index contributed by atoms with van der Waals surface area (Å²) < 4.78 is 5.98. The fourth-order valence-corrected chi connectivity index (χ4v) is 7.04. The summed E-state index contributed by atoms with van der Waals surface area (Å²) in [6.45, 7) is 16.1. The third-order valence-corrected chi connectivity index (χ3v) is 10.5. The number of anilines is 1. The maximum atomic E-state index is 12.2. The van der Waals surface area contributed by atoms with Crippen molar-refractivity contribution in [2.75, 3.05) is 24.6 Å². The van der Waals surface area contributed by atoms with Crippen molar-refractivity contribution < 1.29 is 14.6 Å². The fourth-order valence-electron chi connectivity index (χ4n) is 6.76. The van der Waals surface area contributed by atoms with E-state index in [0.29, 0.717) is 35.9 Å². The molecule has 1 amide bonds. The Morgan fingerprint density at radius 3 is 2.42 bits per heavy atom. The average Bonchev–Trinajstić information content (AvgIpc) is 3.39. The molecule has 1 atom stereocenters. The summed E-state index contributed by atoms with van der Waals surface area (Å²) in [5.74, 6) is 0.359. The van der Waals surface area contributed by atoms with Gasteiger partial charge in [-0.2, -0.15) is 15.8 Å². The number of nitriles is 3. The number of unbranched alkanes of at least 4 members (excludes halogenated alkanes) is 2. The van der Waals surface area contributed by atoms with Crippen LogP contribution in [-0.4, -0.2) is 36.3 Å². The number of hydrogen-bond donors (Lipinski definition) is 2. The van der Waals surface area contributed by atoms with Gasteiger partial charge in [0.2, 0.25) is 5.91 Å². The van der Waals surface area contributed by atoms with Gasteiger partial charge >= 0.3 is 0 Å². The topological polar surface area (TPSA) is 133 Å². The highest BCUT2D eigenvalue weighted by atomic mass is 35.5. The predicted octanol–water partition coefficient (Wildman–Crippen LogP) is 9.77. The highest BCUT2D eigenvalue weighted by Gasteiger charge is 2.39. The van der Waals surface area contributed by atoms with Crippen LogP contribution >= 0.6 is 11.6 Å². The summed E-state index contributed by atoms with van der Waals surface area (Å²) in [6.07, 6.45) is 15.2. The molecule has 53 heavy (non-hydrogen) atoms. The molecule has 1 aromatic carbocycles. The number of nitrogens with zero attached hydrogens (tertiary/aromatic N) is 4. The molecule has 0 aromatic heterocycles. The van der Waals surface area contributed by atoms with E-state index in [4.69, 9.17) is 21.4 Å². The van der Waals surface area contributed by atoms with Crippen molar-refractivity contribution in [3.63, 3.8) is 0 Å². The lowest BCUT2D eigenvalue weighted by Crippen LogP contribution is -2.26. The molecule has 2 aliphatic rings. The largest absolute Gasteiger partial charge is 0.480 e. The minimum Gasteiger partial charge on any atom is -0.480 e. The average molecular weight is 738 g/mol. The third kappa shape index (κ3) is 11.5. The number of carbonyl (C=O) groups excluding carboxylic acids is 1. The molecule has 1 aromatic rings. The second kappa shape index (κ2) is 20.1. The monoisotopic (exact) mass is 737 g/mol. The quantitative estimate of drug-likeness (QED) is 0.127. The maximum Gasteiger partial charge on any atom is 0.219 e. The van der Waals surface area contributed by atoms with Crippen molar-refractivity contribution >= 4 is 23.2 Å². The highest BCUT2D eigenvalue weighted by molar-refractivity contribution is 6.32. The van der Waals surface area contributed by atoms with Gasteiger partial charge in [-0.25, -0.2) is 0 Å². The first-order valence-corrected chi connectivity index (χ1v) is 19.2. The summed E-state index contributed by atoms with van der Waals surface area (Å²) in [5.41, 5.74) is 5.31. The molecule has 282 valence electrons. The molecule has 0 bridgehead atoms. The molecule has 2 N–H and O–H groups in total. The number of carbonyl (C=O) groups is 1. The van der Waals surface area contributed by atoms with Crippen molar-refractivity contribution in [3.05, 3.63) is 98.5 Å².